The third kappa shape index (κ3) is 5.32. The maximum atomic E-state index is 5.13. The normalized spacial score (nSPS) is 9.73. The number of hydrogen-bond acceptors (Lipinski definition) is 1. The molecular weight excluding hydrogens is 319 g/mol. The first kappa shape index (κ1) is 12.7. The van der Waals surface area contributed by atoms with Crippen LogP contribution < -0.4 is 10.6 Å². The lowest BCUT2D eigenvalue weighted by Crippen LogP contribution is -2.35. The zero-order chi connectivity index (χ0) is 11.1. The summed E-state index contributed by atoms with van der Waals surface area (Å²) >= 11 is 7.44. The fourth-order valence-electron chi connectivity index (χ4n) is 1.13. The van der Waals surface area contributed by atoms with Gasteiger partial charge >= 0.3 is 0 Å². The van der Waals surface area contributed by atoms with Crippen LogP contribution in [0, 0.1) is 3.57 Å². The van der Waals surface area contributed by atoms with Gasteiger partial charge in [0.1, 0.15) is 0 Å². The van der Waals surface area contributed by atoms with Crippen LogP contribution in [-0.4, -0.2) is 11.7 Å². The minimum Gasteiger partial charge on any atom is -0.363 e. The van der Waals surface area contributed by atoms with Crippen LogP contribution in [-0.2, 0) is 6.54 Å². The Hall–Kier alpha value is -0.360. The van der Waals surface area contributed by atoms with Gasteiger partial charge in [-0.05, 0) is 58.9 Å². The zero-order valence-electron chi connectivity index (χ0n) is 8.72. The molecule has 0 bridgehead atoms. The second kappa shape index (κ2) is 7.00. The van der Waals surface area contributed by atoms with Gasteiger partial charge in [-0.15, -0.1) is 0 Å². The van der Waals surface area contributed by atoms with E-state index in [-0.39, 0.29) is 0 Å². The maximum absolute atomic E-state index is 5.13. The van der Waals surface area contributed by atoms with Gasteiger partial charge in [0.15, 0.2) is 5.11 Å². The molecule has 0 aliphatic rings. The van der Waals surface area contributed by atoms with E-state index < -0.39 is 0 Å². The average molecular weight is 334 g/mol. The number of hydrogen-bond donors (Lipinski definition) is 2. The van der Waals surface area contributed by atoms with Crippen molar-refractivity contribution in [1.82, 2.24) is 10.6 Å². The summed E-state index contributed by atoms with van der Waals surface area (Å²) in [6, 6.07) is 8.38. The molecule has 0 fully saturated rings. The van der Waals surface area contributed by atoms with Crippen LogP contribution in [0.25, 0.3) is 0 Å². The van der Waals surface area contributed by atoms with Crippen molar-refractivity contribution in [2.75, 3.05) is 6.54 Å². The molecule has 1 aromatic carbocycles. The molecule has 0 saturated carbocycles. The Bertz CT molecular complexity index is 328. The highest BCUT2D eigenvalue weighted by molar-refractivity contribution is 14.1. The largest absolute Gasteiger partial charge is 0.363 e. The van der Waals surface area contributed by atoms with E-state index in [4.69, 9.17) is 12.2 Å². The Morgan fingerprint density at radius 3 is 2.87 bits per heavy atom. The molecule has 0 unspecified atom stereocenters. The molecule has 1 aromatic rings. The van der Waals surface area contributed by atoms with Gasteiger partial charge in [0, 0.05) is 16.7 Å². The summed E-state index contributed by atoms with van der Waals surface area (Å²) in [7, 11) is 0. The molecular formula is C11H15IN2S. The van der Waals surface area contributed by atoms with Gasteiger partial charge in [-0.1, -0.05) is 19.1 Å². The SMILES string of the molecule is CCCNC(=S)NCc1cccc(I)c1. The molecule has 4 heteroatoms. The van der Waals surface area contributed by atoms with Gasteiger partial charge in [0.05, 0.1) is 0 Å². The first-order valence-corrected chi connectivity index (χ1v) is 6.47. The van der Waals surface area contributed by atoms with E-state index in [0.717, 1.165) is 24.6 Å². The lowest BCUT2D eigenvalue weighted by Gasteiger charge is -2.09. The van der Waals surface area contributed by atoms with E-state index in [9.17, 15) is 0 Å². The van der Waals surface area contributed by atoms with E-state index in [1.807, 2.05) is 0 Å². The number of benzene rings is 1. The molecule has 0 atom stereocenters. The fourth-order valence-corrected chi connectivity index (χ4v) is 1.91. The van der Waals surface area contributed by atoms with E-state index in [1.165, 1.54) is 9.13 Å². The third-order valence-corrected chi connectivity index (χ3v) is 2.84. The van der Waals surface area contributed by atoms with Crippen molar-refractivity contribution in [1.29, 1.82) is 0 Å². The van der Waals surface area contributed by atoms with Crippen molar-refractivity contribution < 1.29 is 0 Å². The smallest absolute Gasteiger partial charge is 0.166 e. The van der Waals surface area contributed by atoms with Crippen LogP contribution in [0.2, 0.25) is 0 Å². The summed E-state index contributed by atoms with van der Waals surface area (Å²) in [4.78, 5) is 0. The summed E-state index contributed by atoms with van der Waals surface area (Å²) in [5, 5.41) is 7.05. The molecule has 0 radical (unpaired) electrons. The monoisotopic (exact) mass is 334 g/mol. The van der Waals surface area contributed by atoms with Crippen LogP contribution in [0.1, 0.15) is 18.9 Å². The Morgan fingerprint density at radius 2 is 2.20 bits per heavy atom. The van der Waals surface area contributed by atoms with Gasteiger partial charge in [-0.25, -0.2) is 0 Å². The van der Waals surface area contributed by atoms with Crippen molar-refractivity contribution in [2.24, 2.45) is 0 Å². The van der Waals surface area contributed by atoms with Crippen molar-refractivity contribution >= 4 is 39.9 Å². The summed E-state index contributed by atoms with van der Waals surface area (Å²) in [5.74, 6) is 0. The quantitative estimate of drug-likeness (QED) is 0.654. The van der Waals surface area contributed by atoms with Gasteiger partial charge in [-0.3, -0.25) is 0 Å². The predicted molar refractivity (Wildman–Crippen MR) is 76.9 cm³/mol. The Kier molecular flexibility index (Phi) is 5.93. The van der Waals surface area contributed by atoms with E-state index >= 15 is 0 Å². The van der Waals surface area contributed by atoms with Crippen molar-refractivity contribution in [2.45, 2.75) is 19.9 Å². The molecule has 15 heavy (non-hydrogen) atoms. The van der Waals surface area contributed by atoms with E-state index in [2.05, 4.69) is 64.4 Å². The predicted octanol–water partition coefficient (Wildman–Crippen LogP) is 2.67. The second-order valence-electron chi connectivity index (χ2n) is 3.24. The van der Waals surface area contributed by atoms with Gasteiger partial charge in [0.25, 0.3) is 0 Å². The van der Waals surface area contributed by atoms with Crippen molar-refractivity contribution in [3.8, 4) is 0 Å². The maximum Gasteiger partial charge on any atom is 0.166 e. The van der Waals surface area contributed by atoms with Gasteiger partial charge in [0.2, 0.25) is 0 Å². The van der Waals surface area contributed by atoms with Gasteiger partial charge in [-0.2, -0.15) is 0 Å². The van der Waals surface area contributed by atoms with Crippen molar-refractivity contribution in [3.63, 3.8) is 0 Å². The van der Waals surface area contributed by atoms with Crippen molar-refractivity contribution in [3.05, 3.63) is 33.4 Å². The van der Waals surface area contributed by atoms with Crippen LogP contribution in [0.3, 0.4) is 0 Å². The summed E-state index contributed by atoms with van der Waals surface area (Å²) in [6.45, 7) is 3.83. The minimum atomic E-state index is 0.732. The first-order chi connectivity index (χ1) is 7.22. The van der Waals surface area contributed by atoms with Crippen LogP contribution in [0.5, 0.6) is 0 Å². The molecule has 2 N–H and O–H groups in total. The van der Waals surface area contributed by atoms with Crippen LogP contribution in [0.4, 0.5) is 0 Å². The highest BCUT2D eigenvalue weighted by Crippen LogP contribution is 2.07. The van der Waals surface area contributed by atoms with E-state index in [1.54, 1.807) is 0 Å². The van der Waals surface area contributed by atoms with Crippen LogP contribution in [0.15, 0.2) is 24.3 Å². The fraction of sp³-hybridized carbons (Fsp3) is 0.364. The molecule has 0 aliphatic carbocycles. The Balaban J connectivity index is 2.33. The zero-order valence-corrected chi connectivity index (χ0v) is 11.7. The Labute approximate surface area is 110 Å². The van der Waals surface area contributed by atoms with E-state index in [0.29, 0.717) is 0 Å². The average Bonchev–Trinajstić information content (AvgIpc) is 2.23. The molecule has 82 valence electrons. The second-order valence-corrected chi connectivity index (χ2v) is 4.89. The topological polar surface area (TPSA) is 24.1 Å². The highest BCUT2D eigenvalue weighted by atomic mass is 127. The molecule has 0 amide bonds. The summed E-state index contributed by atoms with van der Waals surface area (Å²) in [6.07, 6.45) is 1.09. The molecule has 2 nitrogen and oxygen atoms in total. The lowest BCUT2D eigenvalue weighted by atomic mass is 10.2. The minimum absolute atomic E-state index is 0.732. The van der Waals surface area contributed by atoms with Crippen LogP contribution >= 0.6 is 34.8 Å². The molecule has 0 aromatic heterocycles. The molecule has 0 heterocycles. The number of thiocarbonyl (C=S) groups is 1. The summed E-state index contributed by atoms with van der Waals surface area (Å²) < 4.78 is 1.25. The number of rotatable bonds is 4. The van der Waals surface area contributed by atoms with Gasteiger partial charge < -0.3 is 10.6 Å². The molecule has 1 rings (SSSR count). The number of nitrogens with one attached hydrogen (secondary N) is 2. The lowest BCUT2D eigenvalue weighted by molar-refractivity contribution is 0.799. The molecule has 0 spiro atoms. The standard InChI is InChI=1S/C11H15IN2S/c1-2-6-13-11(15)14-8-9-4-3-5-10(12)7-9/h3-5,7H,2,6,8H2,1H3,(H2,13,14,15). The molecule has 0 saturated heterocycles. The Morgan fingerprint density at radius 1 is 1.40 bits per heavy atom. The highest BCUT2D eigenvalue weighted by Gasteiger charge is 1.96. The third-order valence-electron chi connectivity index (χ3n) is 1.88. The molecule has 0 aliphatic heterocycles. The number of halogens is 1. The summed E-state index contributed by atoms with van der Waals surface area (Å²) in [5.41, 5.74) is 1.25. The first-order valence-electron chi connectivity index (χ1n) is 4.98.